The van der Waals surface area contributed by atoms with Gasteiger partial charge in [-0.25, -0.2) is 4.68 Å². The highest BCUT2D eigenvalue weighted by molar-refractivity contribution is 5.92. The van der Waals surface area contributed by atoms with Crippen molar-refractivity contribution in [3.8, 4) is 17.2 Å². The van der Waals surface area contributed by atoms with Crippen molar-refractivity contribution >= 4 is 17.7 Å². The van der Waals surface area contributed by atoms with Gasteiger partial charge in [0, 0.05) is 23.1 Å². The largest absolute Gasteiger partial charge is 0.497 e. The summed E-state index contributed by atoms with van der Waals surface area (Å²) < 4.78 is 17.3. The Bertz CT molecular complexity index is 1120. The third kappa shape index (κ3) is 6.12. The average molecular weight is 452 g/mol. The highest BCUT2D eigenvalue weighted by Crippen LogP contribution is 2.27. The van der Waals surface area contributed by atoms with Crippen molar-refractivity contribution in [2.24, 2.45) is 0 Å². The molecule has 0 fully saturated rings. The zero-order chi connectivity index (χ0) is 24.0. The molecule has 0 aliphatic heterocycles. The summed E-state index contributed by atoms with van der Waals surface area (Å²) >= 11 is 0. The van der Waals surface area contributed by atoms with E-state index in [2.05, 4.69) is 10.4 Å². The number of nitrogens with zero attached hydrogens (tertiary/aromatic N) is 2. The van der Waals surface area contributed by atoms with Gasteiger partial charge in [0.2, 0.25) is 0 Å². The standard InChI is InChI=1S/C25H29N3O5/c1-25(2,3)21-15-22(28(27-21)18-9-7-6-8-10-18)26-23(29)16-33-24(30)13-17-11-12-19(31-4)14-20(17)32-5/h6-12,14-15H,13,16H2,1-5H3,(H,26,29). The van der Waals surface area contributed by atoms with Gasteiger partial charge in [0.15, 0.2) is 6.61 Å². The topological polar surface area (TPSA) is 91.7 Å². The highest BCUT2D eigenvalue weighted by atomic mass is 16.5. The Balaban J connectivity index is 1.66. The minimum Gasteiger partial charge on any atom is -0.497 e. The van der Waals surface area contributed by atoms with Crippen LogP contribution >= 0.6 is 0 Å². The number of hydrogen-bond donors (Lipinski definition) is 1. The molecule has 8 nitrogen and oxygen atoms in total. The summed E-state index contributed by atoms with van der Waals surface area (Å²) in [4.78, 5) is 24.9. The number of anilines is 1. The van der Waals surface area contributed by atoms with E-state index in [1.54, 1.807) is 30.0 Å². The maximum absolute atomic E-state index is 12.5. The molecule has 0 unspecified atom stereocenters. The number of aromatic nitrogens is 2. The third-order valence-corrected chi connectivity index (χ3v) is 4.94. The molecule has 0 aliphatic carbocycles. The second kappa shape index (κ2) is 10.2. The molecule has 0 spiro atoms. The number of nitrogens with one attached hydrogen (secondary N) is 1. The van der Waals surface area contributed by atoms with Crippen LogP contribution in [0.3, 0.4) is 0 Å². The monoisotopic (exact) mass is 451 g/mol. The van der Waals surface area contributed by atoms with E-state index in [9.17, 15) is 9.59 Å². The minimum absolute atomic E-state index is 0.0312. The first kappa shape index (κ1) is 23.8. The van der Waals surface area contributed by atoms with E-state index in [-0.39, 0.29) is 11.8 Å². The lowest BCUT2D eigenvalue weighted by Crippen LogP contribution is -2.23. The number of amides is 1. The number of carbonyl (C=O) groups excluding carboxylic acids is 2. The van der Waals surface area contributed by atoms with Crippen LogP contribution in [-0.2, 0) is 26.2 Å². The third-order valence-electron chi connectivity index (χ3n) is 4.94. The van der Waals surface area contributed by atoms with Crippen molar-refractivity contribution < 1.29 is 23.8 Å². The molecule has 1 aromatic heterocycles. The van der Waals surface area contributed by atoms with Crippen LogP contribution in [0.15, 0.2) is 54.6 Å². The quantitative estimate of drug-likeness (QED) is 0.522. The molecule has 0 atom stereocenters. The van der Waals surface area contributed by atoms with Crippen molar-refractivity contribution in [1.29, 1.82) is 0 Å². The summed E-state index contributed by atoms with van der Waals surface area (Å²) in [6.07, 6.45) is -0.0312. The van der Waals surface area contributed by atoms with Crippen LogP contribution in [0.5, 0.6) is 11.5 Å². The number of methoxy groups -OCH3 is 2. The van der Waals surface area contributed by atoms with E-state index in [0.29, 0.717) is 22.9 Å². The smallest absolute Gasteiger partial charge is 0.310 e. The molecule has 0 saturated carbocycles. The van der Waals surface area contributed by atoms with Gasteiger partial charge in [-0.15, -0.1) is 0 Å². The number of benzene rings is 2. The van der Waals surface area contributed by atoms with Gasteiger partial charge in [0.1, 0.15) is 17.3 Å². The van der Waals surface area contributed by atoms with Crippen LogP contribution in [0.4, 0.5) is 5.82 Å². The summed E-state index contributed by atoms with van der Waals surface area (Å²) in [5.74, 6) is 0.636. The number of ether oxygens (including phenoxy) is 3. The molecule has 1 heterocycles. The number of carbonyl (C=O) groups is 2. The van der Waals surface area contributed by atoms with Gasteiger partial charge in [0.25, 0.3) is 5.91 Å². The first-order valence-corrected chi connectivity index (χ1v) is 10.5. The van der Waals surface area contributed by atoms with E-state index >= 15 is 0 Å². The summed E-state index contributed by atoms with van der Waals surface area (Å²) in [7, 11) is 3.06. The molecule has 2 aromatic carbocycles. The van der Waals surface area contributed by atoms with E-state index < -0.39 is 18.5 Å². The van der Waals surface area contributed by atoms with Gasteiger partial charge < -0.3 is 19.5 Å². The molecular formula is C25H29N3O5. The first-order chi connectivity index (χ1) is 15.7. The van der Waals surface area contributed by atoms with Crippen LogP contribution in [0.1, 0.15) is 32.0 Å². The van der Waals surface area contributed by atoms with E-state index in [4.69, 9.17) is 14.2 Å². The number of rotatable bonds is 8. The number of para-hydroxylation sites is 1. The Hall–Kier alpha value is -3.81. The lowest BCUT2D eigenvalue weighted by atomic mass is 9.92. The van der Waals surface area contributed by atoms with Gasteiger partial charge >= 0.3 is 5.97 Å². The van der Waals surface area contributed by atoms with E-state index in [0.717, 1.165) is 11.4 Å². The molecule has 0 radical (unpaired) electrons. The van der Waals surface area contributed by atoms with Crippen LogP contribution in [-0.4, -0.2) is 42.5 Å². The molecule has 1 amide bonds. The average Bonchev–Trinajstić information content (AvgIpc) is 3.23. The highest BCUT2D eigenvalue weighted by Gasteiger charge is 2.22. The molecule has 33 heavy (non-hydrogen) atoms. The maximum atomic E-state index is 12.5. The van der Waals surface area contributed by atoms with Crippen LogP contribution in [0.2, 0.25) is 0 Å². The summed E-state index contributed by atoms with van der Waals surface area (Å²) in [6.45, 7) is 5.73. The second-order valence-electron chi connectivity index (χ2n) is 8.48. The molecular weight excluding hydrogens is 422 g/mol. The molecule has 0 saturated heterocycles. The predicted molar refractivity (Wildman–Crippen MR) is 125 cm³/mol. The molecule has 3 rings (SSSR count). The lowest BCUT2D eigenvalue weighted by molar-refractivity contribution is -0.146. The molecule has 0 bridgehead atoms. The molecule has 0 aliphatic rings. The molecule has 8 heteroatoms. The zero-order valence-electron chi connectivity index (χ0n) is 19.5. The van der Waals surface area contributed by atoms with E-state index in [1.165, 1.54) is 7.11 Å². The Morgan fingerprint density at radius 2 is 1.73 bits per heavy atom. The summed E-state index contributed by atoms with van der Waals surface area (Å²) in [6, 6.07) is 16.5. The van der Waals surface area contributed by atoms with Crippen LogP contribution in [0.25, 0.3) is 5.69 Å². The predicted octanol–water partition coefficient (Wildman–Crippen LogP) is 3.91. The van der Waals surface area contributed by atoms with Crippen molar-refractivity contribution in [2.45, 2.75) is 32.6 Å². The molecule has 1 N–H and O–H groups in total. The lowest BCUT2D eigenvalue weighted by Gasteiger charge is -2.14. The Morgan fingerprint density at radius 1 is 1.00 bits per heavy atom. The fourth-order valence-corrected chi connectivity index (χ4v) is 3.13. The minimum atomic E-state index is -0.541. The van der Waals surface area contributed by atoms with Crippen LogP contribution in [0, 0.1) is 0 Å². The van der Waals surface area contributed by atoms with Crippen molar-refractivity contribution in [2.75, 3.05) is 26.1 Å². The van der Waals surface area contributed by atoms with Crippen molar-refractivity contribution in [3.63, 3.8) is 0 Å². The van der Waals surface area contributed by atoms with Gasteiger partial charge in [-0.2, -0.15) is 5.10 Å². The zero-order valence-corrected chi connectivity index (χ0v) is 19.5. The fourth-order valence-electron chi connectivity index (χ4n) is 3.13. The van der Waals surface area contributed by atoms with Crippen molar-refractivity contribution in [1.82, 2.24) is 9.78 Å². The first-order valence-electron chi connectivity index (χ1n) is 10.5. The summed E-state index contributed by atoms with van der Waals surface area (Å²) in [5, 5.41) is 7.46. The Labute approximate surface area is 193 Å². The van der Waals surface area contributed by atoms with Gasteiger partial charge in [-0.3, -0.25) is 9.59 Å². The SMILES string of the molecule is COc1ccc(CC(=O)OCC(=O)Nc2cc(C(C)(C)C)nn2-c2ccccc2)c(OC)c1. The molecule has 3 aromatic rings. The summed E-state index contributed by atoms with van der Waals surface area (Å²) in [5.41, 5.74) is 2.07. The number of esters is 1. The van der Waals surface area contributed by atoms with Gasteiger partial charge in [-0.05, 0) is 18.2 Å². The maximum Gasteiger partial charge on any atom is 0.310 e. The number of hydrogen-bond acceptors (Lipinski definition) is 6. The van der Waals surface area contributed by atoms with E-state index in [1.807, 2.05) is 57.2 Å². The van der Waals surface area contributed by atoms with Crippen molar-refractivity contribution in [3.05, 3.63) is 65.9 Å². The Morgan fingerprint density at radius 3 is 2.36 bits per heavy atom. The van der Waals surface area contributed by atoms with Gasteiger partial charge in [0.05, 0.1) is 32.0 Å². The second-order valence-corrected chi connectivity index (χ2v) is 8.48. The fraction of sp³-hybridized carbons (Fsp3) is 0.320. The molecule has 174 valence electrons. The van der Waals surface area contributed by atoms with Gasteiger partial charge in [-0.1, -0.05) is 45.0 Å². The normalized spacial score (nSPS) is 11.1. The van der Waals surface area contributed by atoms with Crippen LogP contribution < -0.4 is 14.8 Å². The Kier molecular flexibility index (Phi) is 7.37.